The van der Waals surface area contributed by atoms with Crippen LogP contribution in [0, 0.1) is 0 Å². The first kappa shape index (κ1) is 22.3. The van der Waals surface area contributed by atoms with Gasteiger partial charge >= 0.3 is 5.97 Å². The van der Waals surface area contributed by atoms with Gasteiger partial charge in [-0.1, -0.05) is 60.1 Å². The molecule has 1 heterocycles. The molecule has 1 aliphatic rings. The first-order chi connectivity index (χ1) is 14.8. The predicted octanol–water partition coefficient (Wildman–Crippen LogP) is 1.07. The summed E-state index contributed by atoms with van der Waals surface area (Å²) in [4.78, 5) is 48.7. The third-order valence-corrected chi connectivity index (χ3v) is 5.32. The van der Waals surface area contributed by atoms with E-state index in [-0.39, 0.29) is 12.8 Å². The molecular formula is C22H22ClN3O5. The molecular weight excluding hydrogens is 422 g/mol. The van der Waals surface area contributed by atoms with Crippen molar-refractivity contribution in [2.75, 3.05) is 0 Å². The first-order valence-corrected chi connectivity index (χ1v) is 10.1. The van der Waals surface area contributed by atoms with Crippen molar-refractivity contribution in [1.82, 2.24) is 16.0 Å². The van der Waals surface area contributed by atoms with Crippen LogP contribution in [0.25, 0.3) is 0 Å². The summed E-state index contributed by atoms with van der Waals surface area (Å²) in [5.74, 6) is -2.78. The molecule has 3 rings (SSSR count). The average Bonchev–Trinajstić information content (AvgIpc) is 2.73. The number of amides is 3. The Kier molecular flexibility index (Phi) is 7.25. The third kappa shape index (κ3) is 6.05. The van der Waals surface area contributed by atoms with E-state index in [0.717, 1.165) is 5.56 Å². The Hall–Kier alpha value is -3.39. The molecule has 3 amide bonds. The Balaban J connectivity index is 1.57. The number of hydrogen-bond acceptors (Lipinski definition) is 4. The maximum atomic E-state index is 12.4. The molecule has 0 radical (unpaired) electrons. The standard InChI is InChI=1S/C22H22ClN3O5/c23-15-9-5-4-8-14(15)11-18(22(30)31)24-19(27)12-17-21(29)25-16(20(28)26-17)10-13-6-2-1-3-7-13/h1-9,16-18H,10-12H2,(H,24,27)(H,25,29)(H,26,28)(H,30,31)/t16-,17-,18+/m0/s1. The molecule has 0 bridgehead atoms. The van der Waals surface area contributed by atoms with Gasteiger partial charge in [-0.2, -0.15) is 0 Å². The van der Waals surface area contributed by atoms with Crippen molar-refractivity contribution in [3.05, 3.63) is 70.7 Å². The van der Waals surface area contributed by atoms with Gasteiger partial charge in [0.1, 0.15) is 18.1 Å². The van der Waals surface area contributed by atoms with Crippen LogP contribution in [0.1, 0.15) is 17.5 Å². The van der Waals surface area contributed by atoms with Crippen LogP contribution >= 0.6 is 11.6 Å². The Morgan fingerprint density at radius 3 is 2.26 bits per heavy atom. The molecule has 2 aromatic carbocycles. The van der Waals surface area contributed by atoms with Gasteiger partial charge in [-0.15, -0.1) is 0 Å². The molecule has 2 aromatic rings. The Morgan fingerprint density at radius 2 is 1.58 bits per heavy atom. The molecule has 3 atom stereocenters. The highest BCUT2D eigenvalue weighted by Crippen LogP contribution is 2.17. The van der Waals surface area contributed by atoms with Crippen molar-refractivity contribution in [1.29, 1.82) is 0 Å². The molecule has 162 valence electrons. The quantitative estimate of drug-likeness (QED) is 0.485. The summed E-state index contributed by atoms with van der Waals surface area (Å²) >= 11 is 6.07. The van der Waals surface area contributed by atoms with Crippen LogP contribution in [0.3, 0.4) is 0 Å². The van der Waals surface area contributed by atoms with Crippen molar-refractivity contribution in [2.24, 2.45) is 0 Å². The van der Waals surface area contributed by atoms with Gasteiger partial charge < -0.3 is 21.1 Å². The largest absolute Gasteiger partial charge is 0.480 e. The molecule has 31 heavy (non-hydrogen) atoms. The molecule has 0 spiro atoms. The Labute approximate surface area is 184 Å². The highest BCUT2D eigenvalue weighted by molar-refractivity contribution is 6.31. The Bertz CT molecular complexity index is 982. The van der Waals surface area contributed by atoms with E-state index in [1.807, 2.05) is 30.3 Å². The van der Waals surface area contributed by atoms with Crippen LogP contribution in [-0.2, 0) is 32.0 Å². The molecule has 8 nitrogen and oxygen atoms in total. The van der Waals surface area contributed by atoms with Crippen molar-refractivity contribution >= 4 is 35.3 Å². The minimum absolute atomic E-state index is 0.0108. The van der Waals surface area contributed by atoms with Crippen LogP contribution in [0.5, 0.6) is 0 Å². The summed E-state index contributed by atoms with van der Waals surface area (Å²) in [5.41, 5.74) is 1.47. The number of carboxylic acid groups (broad SMARTS) is 1. The van der Waals surface area contributed by atoms with Gasteiger partial charge in [0, 0.05) is 17.9 Å². The molecule has 4 N–H and O–H groups in total. The van der Waals surface area contributed by atoms with Gasteiger partial charge in [-0.3, -0.25) is 14.4 Å². The van der Waals surface area contributed by atoms with Crippen molar-refractivity contribution in [2.45, 2.75) is 37.4 Å². The smallest absolute Gasteiger partial charge is 0.326 e. The molecule has 0 aliphatic carbocycles. The topological polar surface area (TPSA) is 125 Å². The van der Waals surface area contributed by atoms with E-state index in [4.69, 9.17) is 11.6 Å². The normalized spacial score (nSPS) is 19.1. The van der Waals surface area contributed by atoms with E-state index in [2.05, 4.69) is 16.0 Å². The second-order valence-corrected chi connectivity index (χ2v) is 7.68. The van der Waals surface area contributed by atoms with Crippen LogP contribution in [0.2, 0.25) is 5.02 Å². The number of nitrogens with one attached hydrogen (secondary N) is 3. The number of aliphatic carboxylic acids is 1. The van der Waals surface area contributed by atoms with Gasteiger partial charge in [0.15, 0.2) is 0 Å². The minimum Gasteiger partial charge on any atom is -0.480 e. The third-order valence-electron chi connectivity index (χ3n) is 4.95. The number of halogens is 1. The predicted molar refractivity (Wildman–Crippen MR) is 113 cm³/mol. The van der Waals surface area contributed by atoms with Crippen molar-refractivity contribution in [3.8, 4) is 0 Å². The maximum absolute atomic E-state index is 12.4. The zero-order valence-corrected chi connectivity index (χ0v) is 17.3. The highest BCUT2D eigenvalue weighted by Gasteiger charge is 2.35. The highest BCUT2D eigenvalue weighted by atomic mass is 35.5. The zero-order valence-electron chi connectivity index (χ0n) is 16.5. The van der Waals surface area contributed by atoms with Crippen molar-refractivity contribution in [3.63, 3.8) is 0 Å². The molecule has 0 aromatic heterocycles. The minimum atomic E-state index is -1.23. The molecule has 0 unspecified atom stereocenters. The average molecular weight is 444 g/mol. The summed E-state index contributed by atoms with van der Waals surface area (Å²) in [5, 5.41) is 17.4. The molecule has 1 aliphatic heterocycles. The number of carbonyl (C=O) groups is 4. The van der Waals surface area contributed by atoms with Gasteiger partial charge in [0.2, 0.25) is 17.7 Å². The van der Waals surface area contributed by atoms with Gasteiger partial charge in [-0.05, 0) is 17.2 Å². The number of rotatable bonds is 8. The molecule has 9 heteroatoms. The SMILES string of the molecule is O=C(C[C@@H]1NC(=O)[C@H](Cc2ccccc2)NC1=O)N[C@H](Cc1ccccc1Cl)C(=O)O. The summed E-state index contributed by atoms with van der Waals surface area (Å²) < 4.78 is 0. The lowest BCUT2D eigenvalue weighted by Crippen LogP contribution is -2.63. The first-order valence-electron chi connectivity index (χ1n) is 9.73. The molecule has 1 fully saturated rings. The second kappa shape index (κ2) is 10.1. The summed E-state index contributed by atoms with van der Waals surface area (Å²) in [6.07, 6.45) is -0.0543. The fourth-order valence-corrected chi connectivity index (χ4v) is 3.55. The lowest BCUT2D eigenvalue weighted by atomic mass is 10.0. The zero-order chi connectivity index (χ0) is 22.4. The van der Waals surface area contributed by atoms with Gasteiger partial charge in [0.25, 0.3) is 0 Å². The van der Waals surface area contributed by atoms with E-state index < -0.39 is 41.8 Å². The van der Waals surface area contributed by atoms with Crippen LogP contribution in [0.15, 0.2) is 54.6 Å². The van der Waals surface area contributed by atoms with Crippen molar-refractivity contribution < 1.29 is 24.3 Å². The monoisotopic (exact) mass is 443 g/mol. The molecule has 0 saturated carbocycles. The fourth-order valence-electron chi connectivity index (χ4n) is 3.34. The molecule has 1 saturated heterocycles. The van der Waals surface area contributed by atoms with Gasteiger partial charge in [0.05, 0.1) is 6.42 Å². The van der Waals surface area contributed by atoms with E-state index in [1.54, 1.807) is 24.3 Å². The number of carboxylic acids is 1. The summed E-state index contributed by atoms with van der Waals surface area (Å²) in [7, 11) is 0. The van der Waals surface area contributed by atoms with E-state index in [0.29, 0.717) is 17.0 Å². The Morgan fingerprint density at radius 1 is 0.968 bits per heavy atom. The lowest BCUT2D eigenvalue weighted by Gasteiger charge is -2.29. The van der Waals surface area contributed by atoms with E-state index in [9.17, 15) is 24.3 Å². The van der Waals surface area contributed by atoms with E-state index in [1.165, 1.54) is 0 Å². The lowest BCUT2D eigenvalue weighted by molar-refractivity contribution is -0.142. The maximum Gasteiger partial charge on any atom is 0.326 e. The van der Waals surface area contributed by atoms with Crippen LogP contribution in [0.4, 0.5) is 0 Å². The fraction of sp³-hybridized carbons (Fsp3) is 0.273. The van der Waals surface area contributed by atoms with Crippen LogP contribution < -0.4 is 16.0 Å². The van der Waals surface area contributed by atoms with E-state index >= 15 is 0 Å². The summed E-state index contributed by atoms with van der Waals surface area (Å²) in [6.45, 7) is 0. The second-order valence-electron chi connectivity index (χ2n) is 7.27. The number of carbonyl (C=O) groups excluding carboxylic acids is 3. The van der Waals surface area contributed by atoms with Gasteiger partial charge in [-0.25, -0.2) is 4.79 Å². The van der Waals surface area contributed by atoms with Crippen LogP contribution in [-0.4, -0.2) is 46.9 Å². The summed E-state index contributed by atoms with van der Waals surface area (Å²) in [6, 6.07) is 12.9. The number of piperazine rings is 1. The number of hydrogen-bond donors (Lipinski definition) is 4. The number of benzene rings is 2.